The largest absolute Gasteiger partial charge is 0.396 e. The average molecular weight is 225 g/mol. The summed E-state index contributed by atoms with van der Waals surface area (Å²) in [5, 5.41) is 18.2. The maximum Gasteiger partial charge on any atom is 0.225 e. The van der Waals surface area contributed by atoms with E-state index in [1.165, 1.54) is 0 Å². The van der Waals surface area contributed by atoms with Gasteiger partial charge in [-0.1, -0.05) is 6.92 Å². The molecular weight excluding hydrogens is 206 g/mol. The van der Waals surface area contributed by atoms with Crippen LogP contribution in [0.1, 0.15) is 25.5 Å². The number of carbonyl (C=O) groups is 1. The van der Waals surface area contributed by atoms with Crippen LogP contribution in [-0.2, 0) is 11.2 Å². The van der Waals surface area contributed by atoms with Gasteiger partial charge in [0, 0.05) is 25.0 Å². The van der Waals surface area contributed by atoms with Crippen molar-refractivity contribution >= 4 is 5.91 Å². The molecule has 0 saturated heterocycles. The van der Waals surface area contributed by atoms with Gasteiger partial charge in [0.2, 0.25) is 5.91 Å². The first-order chi connectivity index (χ1) is 7.72. The van der Waals surface area contributed by atoms with Crippen LogP contribution in [0.15, 0.2) is 12.3 Å². The molecule has 1 heterocycles. The smallest absolute Gasteiger partial charge is 0.225 e. The monoisotopic (exact) mass is 225 g/mol. The summed E-state index contributed by atoms with van der Waals surface area (Å²) in [5.74, 6) is 0.311. The number of aliphatic hydroxyl groups excluding tert-OH is 1. The van der Waals surface area contributed by atoms with E-state index < -0.39 is 0 Å². The number of rotatable bonds is 7. The van der Waals surface area contributed by atoms with Crippen molar-refractivity contribution in [2.45, 2.75) is 26.2 Å². The Hall–Kier alpha value is -1.36. The third kappa shape index (κ3) is 4.93. The van der Waals surface area contributed by atoms with E-state index in [0.29, 0.717) is 18.9 Å². The minimum atomic E-state index is 0.000835. The summed E-state index contributed by atoms with van der Waals surface area (Å²) in [6.07, 6.45) is 3.80. The van der Waals surface area contributed by atoms with Gasteiger partial charge in [-0.15, -0.1) is 0 Å². The van der Waals surface area contributed by atoms with E-state index in [2.05, 4.69) is 15.5 Å². The van der Waals surface area contributed by atoms with E-state index >= 15 is 0 Å². The summed E-state index contributed by atoms with van der Waals surface area (Å²) in [4.78, 5) is 11.4. The Morgan fingerprint density at radius 1 is 1.69 bits per heavy atom. The highest BCUT2D eigenvalue weighted by Gasteiger charge is 2.04. The summed E-state index contributed by atoms with van der Waals surface area (Å²) >= 11 is 0. The summed E-state index contributed by atoms with van der Waals surface area (Å²) in [7, 11) is 0. The minimum absolute atomic E-state index is 0.000835. The van der Waals surface area contributed by atoms with E-state index in [9.17, 15) is 4.79 Å². The van der Waals surface area contributed by atoms with Gasteiger partial charge in [-0.05, 0) is 24.8 Å². The second-order valence-corrected chi connectivity index (χ2v) is 4.04. The zero-order valence-corrected chi connectivity index (χ0v) is 9.57. The van der Waals surface area contributed by atoms with Gasteiger partial charge in [0.05, 0.1) is 6.42 Å². The maximum atomic E-state index is 11.4. The highest BCUT2D eigenvalue weighted by Crippen LogP contribution is 2.02. The lowest BCUT2D eigenvalue weighted by atomic mass is 10.1. The molecule has 0 saturated carbocycles. The van der Waals surface area contributed by atoms with Gasteiger partial charge >= 0.3 is 0 Å². The number of nitrogens with one attached hydrogen (secondary N) is 2. The van der Waals surface area contributed by atoms with Crippen LogP contribution >= 0.6 is 0 Å². The molecule has 16 heavy (non-hydrogen) atoms. The Balaban J connectivity index is 2.07. The van der Waals surface area contributed by atoms with Crippen LogP contribution in [-0.4, -0.2) is 34.4 Å². The highest BCUT2D eigenvalue weighted by atomic mass is 16.3. The van der Waals surface area contributed by atoms with Gasteiger partial charge in [-0.3, -0.25) is 9.89 Å². The second-order valence-electron chi connectivity index (χ2n) is 4.04. The molecule has 0 aliphatic carbocycles. The predicted octanol–water partition coefficient (Wildman–Crippen LogP) is 0.477. The topological polar surface area (TPSA) is 78.0 Å². The Morgan fingerprint density at radius 3 is 3.12 bits per heavy atom. The van der Waals surface area contributed by atoms with Gasteiger partial charge in [-0.2, -0.15) is 5.10 Å². The first kappa shape index (κ1) is 12.7. The van der Waals surface area contributed by atoms with Crippen LogP contribution in [0.3, 0.4) is 0 Å². The fourth-order valence-electron chi connectivity index (χ4n) is 1.39. The van der Waals surface area contributed by atoms with Crippen molar-refractivity contribution < 1.29 is 9.90 Å². The normalized spacial score (nSPS) is 12.4. The first-order valence-corrected chi connectivity index (χ1v) is 5.58. The van der Waals surface area contributed by atoms with Crippen molar-refractivity contribution in [1.82, 2.24) is 15.5 Å². The predicted molar refractivity (Wildman–Crippen MR) is 60.8 cm³/mol. The quantitative estimate of drug-likeness (QED) is 0.590. The number of carbonyl (C=O) groups excluding carboxylic acids is 1. The fraction of sp³-hybridized carbons (Fsp3) is 0.636. The molecule has 5 heteroatoms. The van der Waals surface area contributed by atoms with Crippen LogP contribution in [0.2, 0.25) is 0 Å². The SMILES string of the molecule is CC(CO)CCCNC(=O)Cc1ccn[nH]1. The highest BCUT2D eigenvalue weighted by molar-refractivity contribution is 5.77. The van der Waals surface area contributed by atoms with E-state index in [4.69, 9.17) is 5.11 Å². The van der Waals surface area contributed by atoms with Gasteiger partial charge in [-0.25, -0.2) is 0 Å². The molecule has 1 atom stereocenters. The van der Waals surface area contributed by atoms with Crippen LogP contribution < -0.4 is 5.32 Å². The van der Waals surface area contributed by atoms with Crippen molar-refractivity contribution in [3.8, 4) is 0 Å². The third-order valence-electron chi connectivity index (χ3n) is 2.42. The number of nitrogens with zero attached hydrogens (tertiary/aromatic N) is 1. The van der Waals surface area contributed by atoms with Crippen molar-refractivity contribution in [2.24, 2.45) is 5.92 Å². The zero-order valence-electron chi connectivity index (χ0n) is 9.57. The number of H-pyrrole nitrogens is 1. The minimum Gasteiger partial charge on any atom is -0.396 e. The van der Waals surface area contributed by atoms with E-state index in [1.54, 1.807) is 12.3 Å². The van der Waals surface area contributed by atoms with Crippen molar-refractivity contribution in [3.63, 3.8) is 0 Å². The molecule has 5 nitrogen and oxygen atoms in total. The molecule has 1 aromatic heterocycles. The molecule has 0 radical (unpaired) electrons. The zero-order chi connectivity index (χ0) is 11.8. The first-order valence-electron chi connectivity index (χ1n) is 5.58. The van der Waals surface area contributed by atoms with Crippen LogP contribution in [0, 0.1) is 5.92 Å². The molecule has 90 valence electrons. The summed E-state index contributed by atoms with van der Waals surface area (Å²) in [6.45, 7) is 2.87. The molecule has 0 fully saturated rings. The van der Waals surface area contributed by atoms with Crippen LogP contribution in [0.5, 0.6) is 0 Å². The summed E-state index contributed by atoms with van der Waals surface area (Å²) in [5.41, 5.74) is 0.821. The number of hydrogen-bond donors (Lipinski definition) is 3. The molecule has 1 amide bonds. The Bertz CT molecular complexity index is 298. The number of hydrogen-bond acceptors (Lipinski definition) is 3. The number of aromatic nitrogens is 2. The third-order valence-corrected chi connectivity index (χ3v) is 2.42. The Morgan fingerprint density at radius 2 is 2.50 bits per heavy atom. The molecule has 0 aliphatic heterocycles. The lowest BCUT2D eigenvalue weighted by Gasteiger charge is -2.08. The van der Waals surface area contributed by atoms with E-state index in [-0.39, 0.29) is 12.5 Å². The molecular formula is C11H19N3O2. The molecule has 1 unspecified atom stereocenters. The van der Waals surface area contributed by atoms with Crippen LogP contribution in [0.4, 0.5) is 0 Å². The fourth-order valence-corrected chi connectivity index (χ4v) is 1.39. The standard InChI is InChI=1S/C11H19N3O2/c1-9(8-15)3-2-5-12-11(16)7-10-4-6-13-14-10/h4,6,9,15H,2-3,5,7-8H2,1H3,(H,12,16)(H,13,14). The van der Waals surface area contributed by atoms with Gasteiger partial charge in [0.1, 0.15) is 0 Å². The Labute approximate surface area is 95.3 Å². The lowest BCUT2D eigenvalue weighted by Crippen LogP contribution is -2.26. The molecule has 0 spiro atoms. The number of aliphatic hydroxyl groups is 1. The molecule has 1 aromatic rings. The van der Waals surface area contributed by atoms with Crippen molar-refractivity contribution in [3.05, 3.63) is 18.0 Å². The molecule has 0 aromatic carbocycles. The molecule has 1 rings (SSSR count). The summed E-state index contributed by atoms with van der Waals surface area (Å²) < 4.78 is 0. The summed E-state index contributed by atoms with van der Waals surface area (Å²) in [6, 6.07) is 1.79. The average Bonchev–Trinajstić information content (AvgIpc) is 2.76. The molecule has 0 aliphatic rings. The number of amides is 1. The number of aromatic amines is 1. The van der Waals surface area contributed by atoms with Gasteiger partial charge in [0.25, 0.3) is 0 Å². The van der Waals surface area contributed by atoms with Crippen LogP contribution in [0.25, 0.3) is 0 Å². The van der Waals surface area contributed by atoms with E-state index in [1.807, 2.05) is 6.92 Å². The van der Waals surface area contributed by atoms with Crippen molar-refractivity contribution in [2.75, 3.05) is 13.2 Å². The second kappa shape index (κ2) is 7.00. The van der Waals surface area contributed by atoms with Crippen molar-refractivity contribution in [1.29, 1.82) is 0 Å². The Kier molecular flexibility index (Phi) is 5.56. The van der Waals surface area contributed by atoms with Gasteiger partial charge < -0.3 is 10.4 Å². The van der Waals surface area contributed by atoms with E-state index in [0.717, 1.165) is 18.5 Å². The lowest BCUT2D eigenvalue weighted by molar-refractivity contribution is -0.120. The molecule has 0 bridgehead atoms. The molecule has 3 N–H and O–H groups in total. The van der Waals surface area contributed by atoms with Gasteiger partial charge in [0.15, 0.2) is 0 Å². The maximum absolute atomic E-state index is 11.4.